The van der Waals surface area contributed by atoms with E-state index in [0.717, 1.165) is 17.1 Å². The molecule has 0 bridgehead atoms. The van der Waals surface area contributed by atoms with Gasteiger partial charge in [-0.25, -0.2) is 0 Å². The molecule has 2 nitrogen and oxygen atoms in total. The van der Waals surface area contributed by atoms with Gasteiger partial charge in [-0.3, -0.25) is 4.79 Å². The summed E-state index contributed by atoms with van der Waals surface area (Å²) in [7, 11) is 0. The Kier molecular flexibility index (Phi) is 3.66. The van der Waals surface area contributed by atoms with Gasteiger partial charge in [0, 0.05) is 17.4 Å². The molecule has 1 aromatic carbocycles. The Labute approximate surface area is 100 Å². The fraction of sp³-hybridized carbons (Fsp3) is 0.462. The van der Waals surface area contributed by atoms with Crippen molar-refractivity contribution in [1.29, 1.82) is 0 Å². The van der Waals surface area contributed by atoms with Crippen LogP contribution in [0.4, 0.5) is 0 Å². The third-order valence-corrected chi connectivity index (χ3v) is 4.37. The molecule has 1 fully saturated rings. The summed E-state index contributed by atoms with van der Waals surface area (Å²) in [5.41, 5.74) is 0.843. The number of aliphatic hydroxyl groups is 1. The Bertz CT molecular complexity index is 363. The molecule has 2 rings (SSSR count). The summed E-state index contributed by atoms with van der Waals surface area (Å²) in [4.78, 5) is 12.0. The minimum atomic E-state index is -0.649. The second-order valence-corrected chi connectivity index (χ2v) is 5.38. The number of carbonyl (C=O) groups is 1. The Morgan fingerprint density at radius 1 is 1.31 bits per heavy atom. The highest BCUT2D eigenvalue weighted by Gasteiger charge is 2.34. The van der Waals surface area contributed by atoms with E-state index in [4.69, 9.17) is 0 Å². The minimum absolute atomic E-state index is 0.0714. The van der Waals surface area contributed by atoms with Crippen LogP contribution in [-0.4, -0.2) is 22.4 Å². The highest BCUT2D eigenvalue weighted by Crippen LogP contribution is 2.33. The SMILES string of the molecule is C[C@H]1CSC[C@H]([C@@H](O)c2ccccc2)C1=O. The first-order valence-electron chi connectivity index (χ1n) is 5.54. The van der Waals surface area contributed by atoms with Crippen molar-refractivity contribution in [3.63, 3.8) is 0 Å². The molecule has 1 aliphatic heterocycles. The monoisotopic (exact) mass is 236 g/mol. The molecule has 1 N–H and O–H groups in total. The van der Waals surface area contributed by atoms with Crippen LogP contribution in [0.15, 0.2) is 30.3 Å². The normalized spacial score (nSPS) is 27.8. The number of thioether (sulfide) groups is 1. The zero-order chi connectivity index (χ0) is 11.5. The Morgan fingerprint density at radius 2 is 2.00 bits per heavy atom. The fourth-order valence-corrected chi connectivity index (χ4v) is 3.29. The lowest BCUT2D eigenvalue weighted by atomic mass is 9.88. The van der Waals surface area contributed by atoms with E-state index in [1.54, 1.807) is 11.8 Å². The van der Waals surface area contributed by atoms with Gasteiger partial charge >= 0.3 is 0 Å². The third kappa shape index (κ3) is 2.30. The zero-order valence-electron chi connectivity index (χ0n) is 9.30. The van der Waals surface area contributed by atoms with E-state index in [-0.39, 0.29) is 17.6 Å². The largest absolute Gasteiger partial charge is 0.388 e. The van der Waals surface area contributed by atoms with E-state index in [2.05, 4.69) is 0 Å². The molecule has 3 heteroatoms. The van der Waals surface area contributed by atoms with Crippen molar-refractivity contribution >= 4 is 17.5 Å². The highest BCUT2D eigenvalue weighted by molar-refractivity contribution is 7.99. The van der Waals surface area contributed by atoms with Gasteiger partial charge in [0.1, 0.15) is 5.78 Å². The molecule has 0 spiro atoms. The van der Waals surface area contributed by atoms with Gasteiger partial charge in [-0.2, -0.15) is 11.8 Å². The van der Waals surface area contributed by atoms with E-state index >= 15 is 0 Å². The second-order valence-electron chi connectivity index (χ2n) is 4.30. The topological polar surface area (TPSA) is 37.3 Å². The Hall–Kier alpha value is -0.800. The lowest BCUT2D eigenvalue weighted by molar-refractivity contribution is -0.128. The van der Waals surface area contributed by atoms with Crippen molar-refractivity contribution in [3.05, 3.63) is 35.9 Å². The maximum Gasteiger partial charge on any atom is 0.143 e. The highest BCUT2D eigenvalue weighted by atomic mass is 32.2. The van der Waals surface area contributed by atoms with Gasteiger partial charge < -0.3 is 5.11 Å². The van der Waals surface area contributed by atoms with Crippen molar-refractivity contribution in [2.24, 2.45) is 11.8 Å². The molecule has 0 unspecified atom stereocenters. The van der Waals surface area contributed by atoms with Gasteiger partial charge in [-0.1, -0.05) is 37.3 Å². The lowest BCUT2D eigenvalue weighted by Gasteiger charge is -2.28. The van der Waals surface area contributed by atoms with Crippen LogP contribution < -0.4 is 0 Å². The Balaban J connectivity index is 2.15. The molecule has 16 heavy (non-hydrogen) atoms. The summed E-state index contributed by atoms with van der Waals surface area (Å²) in [6.45, 7) is 1.94. The van der Waals surface area contributed by atoms with Crippen molar-refractivity contribution in [2.45, 2.75) is 13.0 Å². The number of hydrogen-bond donors (Lipinski definition) is 1. The van der Waals surface area contributed by atoms with Gasteiger partial charge in [-0.15, -0.1) is 0 Å². The number of ketones is 1. The molecular formula is C13H16O2S. The summed E-state index contributed by atoms with van der Waals surface area (Å²) >= 11 is 1.76. The summed E-state index contributed by atoms with van der Waals surface area (Å²) < 4.78 is 0. The van der Waals surface area contributed by atoms with Gasteiger partial charge in [0.2, 0.25) is 0 Å². The molecule has 1 saturated heterocycles. The average molecular weight is 236 g/mol. The molecule has 0 amide bonds. The second kappa shape index (κ2) is 5.02. The molecular weight excluding hydrogens is 220 g/mol. The molecule has 1 aliphatic rings. The van der Waals surface area contributed by atoms with E-state index in [0.29, 0.717) is 0 Å². The summed E-state index contributed by atoms with van der Waals surface area (Å²) in [5, 5.41) is 10.2. The molecule has 0 aliphatic carbocycles. The van der Waals surface area contributed by atoms with Crippen molar-refractivity contribution in [3.8, 4) is 0 Å². The smallest absolute Gasteiger partial charge is 0.143 e. The number of Topliss-reactive ketones (excluding diaryl/α,β-unsaturated/α-hetero) is 1. The predicted octanol–water partition coefficient (Wildman–Crippen LogP) is 2.29. The van der Waals surface area contributed by atoms with E-state index in [1.807, 2.05) is 37.3 Å². The van der Waals surface area contributed by atoms with Crippen molar-refractivity contribution in [1.82, 2.24) is 0 Å². The summed E-state index contributed by atoms with van der Waals surface area (Å²) in [6, 6.07) is 9.45. The van der Waals surface area contributed by atoms with Crippen molar-refractivity contribution < 1.29 is 9.90 Å². The van der Waals surface area contributed by atoms with Gasteiger partial charge in [0.05, 0.1) is 12.0 Å². The van der Waals surface area contributed by atoms with Crippen LogP contribution in [0.1, 0.15) is 18.6 Å². The summed E-state index contributed by atoms with van der Waals surface area (Å²) in [6.07, 6.45) is -0.649. The number of rotatable bonds is 2. The first-order chi connectivity index (χ1) is 7.70. The van der Waals surface area contributed by atoms with Crippen LogP contribution in [0.2, 0.25) is 0 Å². The standard InChI is InChI=1S/C13H16O2S/c1-9-7-16-8-11(12(9)14)13(15)10-5-3-2-4-6-10/h2-6,9,11,13,15H,7-8H2,1H3/t9-,11-,13-/m0/s1. The maximum absolute atomic E-state index is 12.0. The number of aliphatic hydroxyl groups excluding tert-OH is 1. The molecule has 0 radical (unpaired) electrons. The van der Waals surface area contributed by atoms with Crippen LogP contribution in [0.5, 0.6) is 0 Å². The first kappa shape index (κ1) is 11.7. The number of hydrogen-bond acceptors (Lipinski definition) is 3. The van der Waals surface area contributed by atoms with Crippen LogP contribution in [0, 0.1) is 11.8 Å². The third-order valence-electron chi connectivity index (χ3n) is 3.04. The predicted molar refractivity (Wildman–Crippen MR) is 66.4 cm³/mol. The minimum Gasteiger partial charge on any atom is -0.388 e. The van der Waals surface area contributed by atoms with Crippen LogP contribution in [0.3, 0.4) is 0 Å². The lowest BCUT2D eigenvalue weighted by Crippen LogP contribution is -2.34. The number of benzene rings is 1. The van der Waals surface area contributed by atoms with Gasteiger partial charge in [0.15, 0.2) is 0 Å². The molecule has 1 heterocycles. The maximum atomic E-state index is 12.0. The number of carbonyl (C=O) groups excluding carboxylic acids is 1. The first-order valence-corrected chi connectivity index (χ1v) is 6.70. The molecule has 0 aromatic heterocycles. The Morgan fingerprint density at radius 3 is 2.69 bits per heavy atom. The van der Waals surface area contributed by atoms with E-state index in [1.165, 1.54) is 0 Å². The van der Waals surface area contributed by atoms with E-state index < -0.39 is 6.10 Å². The van der Waals surface area contributed by atoms with E-state index in [9.17, 15) is 9.90 Å². The van der Waals surface area contributed by atoms with Crippen LogP contribution >= 0.6 is 11.8 Å². The fourth-order valence-electron chi connectivity index (χ4n) is 2.03. The molecule has 86 valence electrons. The quantitative estimate of drug-likeness (QED) is 0.856. The van der Waals surface area contributed by atoms with Crippen molar-refractivity contribution in [2.75, 3.05) is 11.5 Å². The van der Waals surface area contributed by atoms with Crippen LogP contribution in [0.25, 0.3) is 0 Å². The molecule has 0 saturated carbocycles. The summed E-state index contributed by atoms with van der Waals surface area (Å²) in [5.74, 6) is 1.66. The zero-order valence-corrected chi connectivity index (χ0v) is 10.1. The average Bonchev–Trinajstić information content (AvgIpc) is 2.33. The van der Waals surface area contributed by atoms with Gasteiger partial charge in [-0.05, 0) is 5.56 Å². The molecule has 3 atom stereocenters. The van der Waals surface area contributed by atoms with Crippen LogP contribution in [-0.2, 0) is 4.79 Å². The molecule has 1 aromatic rings. The van der Waals surface area contributed by atoms with Gasteiger partial charge in [0.25, 0.3) is 0 Å².